The second kappa shape index (κ2) is 6.86. The van der Waals surface area contributed by atoms with Crippen molar-refractivity contribution >= 4 is 23.2 Å². The van der Waals surface area contributed by atoms with E-state index in [1.165, 1.54) is 0 Å². The summed E-state index contributed by atoms with van der Waals surface area (Å²) in [7, 11) is 0. The lowest BCUT2D eigenvalue weighted by molar-refractivity contribution is 0.260. The van der Waals surface area contributed by atoms with E-state index in [0.29, 0.717) is 10.0 Å². The Morgan fingerprint density at radius 3 is 2.59 bits per heavy atom. The first-order valence-electron chi connectivity index (χ1n) is 5.62. The minimum atomic E-state index is 0.0396. The van der Waals surface area contributed by atoms with Gasteiger partial charge in [0.1, 0.15) is 0 Å². The molecule has 0 saturated carbocycles. The molecule has 0 fully saturated rings. The Morgan fingerprint density at radius 1 is 1.35 bits per heavy atom. The molecule has 0 bridgehead atoms. The van der Waals surface area contributed by atoms with E-state index in [4.69, 9.17) is 28.5 Å². The molecule has 0 amide bonds. The lowest BCUT2D eigenvalue weighted by atomic mass is 10.1. The second-order valence-corrected chi connectivity index (χ2v) is 4.92. The summed E-state index contributed by atoms with van der Waals surface area (Å²) < 4.78 is 0. The molecule has 0 heterocycles. The number of rotatable bonds is 5. The fourth-order valence-electron chi connectivity index (χ4n) is 1.63. The van der Waals surface area contributed by atoms with Crippen molar-refractivity contribution in [2.24, 2.45) is 5.92 Å². The number of hydrogen-bond acceptors (Lipinski definition) is 2. The SMILES string of the molecule is CCN(Cc1ccc(Cl)c(Cl)c1)CC(C)C#N. The lowest BCUT2D eigenvalue weighted by Crippen LogP contribution is -2.27. The fraction of sp³-hybridized carbons (Fsp3) is 0.462. The maximum atomic E-state index is 8.81. The Balaban J connectivity index is 2.67. The van der Waals surface area contributed by atoms with Crippen molar-refractivity contribution in [3.05, 3.63) is 33.8 Å². The van der Waals surface area contributed by atoms with Crippen LogP contribution in [0.25, 0.3) is 0 Å². The van der Waals surface area contributed by atoms with E-state index in [-0.39, 0.29) is 5.92 Å². The van der Waals surface area contributed by atoms with E-state index < -0.39 is 0 Å². The third-order valence-corrected chi connectivity index (χ3v) is 3.33. The third-order valence-electron chi connectivity index (χ3n) is 2.59. The fourth-order valence-corrected chi connectivity index (χ4v) is 1.95. The average Bonchev–Trinajstić information content (AvgIpc) is 2.32. The Kier molecular flexibility index (Phi) is 5.77. The summed E-state index contributed by atoms with van der Waals surface area (Å²) in [5.74, 6) is 0.0396. The molecule has 2 nitrogen and oxygen atoms in total. The van der Waals surface area contributed by atoms with Crippen molar-refractivity contribution < 1.29 is 0 Å². The largest absolute Gasteiger partial charge is 0.298 e. The van der Waals surface area contributed by atoms with Crippen LogP contribution in [0.15, 0.2) is 18.2 Å². The van der Waals surface area contributed by atoms with Crippen molar-refractivity contribution in [2.45, 2.75) is 20.4 Å². The van der Waals surface area contributed by atoms with E-state index in [9.17, 15) is 0 Å². The first kappa shape index (κ1) is 14.3. The van der Waals surface area contributed by atoms with Gasteiger partial charge in [-0.15, -0.1) is 0 Å². The van der Waals surface area contributed by atoms with E-state index in [1.54, 1.807) is 6.07 Å². The molecule has 4 heteroatoms. The Hall–Kier alpha value is -0.750. The predicted molar refractivity (Wildman–Crippen MR) is 72.2 cm³/mol. The van der Waals surface area contributed by atoms with E-state index in [2.05, 4.69) is 17.9 Å². The van der Waals surface area contributed by atoms with Gasteiger partial charge in [-0.05, 0) is 31.2 Å². The summed E-state index contributed by atoms with van der Waals surface area (Å²) in [5.41, 5.74) is 1.12. The molecule has 0 aliphatic heterocycles. The number of benzene rings is 1. The van der Waals surface area contributed by atoms with Crippen molar-refractivity contribution in [3.63, 3.8) is 0 Å². The Morgan fingerprint density at radius 2 is 2.06 bits per heavy atom. The van der Waals surface area contributed by atoms with Gasteiger partial charge in [-0.2, -0.15) is 5.26 Å². The summed E-state index contributed by atoms with van der Waals surface area (Å²) in [6.07, 6.45) is 0. The van der Waals surface area contributed by atoms with Crippen molar-refractivity contribution in [2.75, 3.05) is 13.1 Å². The van der Waals surface area contributed by atoms with Crippen LogP contribution in [0.5, 0.6) is 0 Å². The maximum Gasteiger partial charge on any atom is 0.0666 e. The zero-order valence-corrected chi connectivity index (χ0v) is 11.6. The van der Waals surface area contributed by atoms with E-state index in [1.807, 2.05) is 19.1 Å². The third kappa shape index (κ3) is 4.55. The number of halogens is 2. The van der Waals surface area contributed by atoms with E-state index >= 15 is 0 Å². The van der Waals surface area contributed by atoms with Gasteiger partial charge in [0.05, 0.1) is 22.0 Å². The zero-order chi connectivity index (χ0) is 12.8. The molecule has 1 rings (SSSR count). The van der Waals surface area contributed by atoms with Crippen molar-refractivity contribution in [3.8, 4) is 6.07 Å². The van der Waals surface area contributed by atoms with Crippen molar-refractivity contribution in [1.29, 1.82) is 5.26 Å². The van der Waals surface area contributed by atoms with Crippen LogP contribution in [0.4, 0.5) is 0 Å². The Bertz CT molecular complexity index is 412. The Labute approximate surface area is 113 Å². The highest BCUT2D eigenvalue weighted by Crippen LogP contribution is 2.23. The second-order valence-electron chi connectivity index (χ2n) is 4.11. The number of nitriles is 1. The van der Waals surface area contributed by atoms with Gasteiger partial charge in [0.25, 0.3) is 0 Å². The van der Waals surface area contributed by atoms with Crippen LogP contribution in [0.3, 0.4) is 0 Å². The highest BCUT2D eigenvalue weighted by Gasteiger charge is 2.09. The first-order valence-corrected chi connectivity index (χ1v) is 6.38. The molecule has 0 aliphatic carbocycles. The lowest BCUT2D eigenvalue weighted by Gasteiger charge is -2.21. The molecule has 0 N–H and O–H groups in total. The monoisotopic (exact) mass is 270 g/mol. The number of nitrogens with zero attached hydrogens (tertiary/aromatic N) is 2. The van der Waals surface area contributed by atoms with Gasteiger partial charge in [0.2, 0.25) is 0 Å². The molecule has 0 radical (unpaired) electrons. The van der Waals surface area contributed by atoms with Crippen LogP contribution in [-0.4, -0.2) is 18.0 Å². The minimum Gasteiger partial charge on any atom is -0.298 e. The molecule has 0 spiro atoms. The summed E-state index contributed by atoms with van der Waals surface area (Å²) in [6, 6.07) is 7.90. The van der Waals surface area contributed by atoms with Gasteiger partial charge in [0.15, 0.2) is 0 Å². The molecule has 1 unspecified atom stereocenters. The summed E-state index contributed by atoms with van der Waals surface area (Å²) >= 11 is 11.8. The molecule has 92 valence electrons. The molecule has 1 atom stereocenters. The first-order chi connectivity index (χ1) is 8.06. The van der Waals surface area contributed by atoms with Gasteiger partial charge < -0.3 is 0 Å². The standard InChI is InChI=1S/C13H16Cl2N2/c1-3-17(8-10(2)7-16)9-11-4-5-12(14)13(15)6-11/h4-6,10H,3,8-9H2,1-2H3. The molecular formula is C13H16Cl2N2. The quantitative estimate of drug-likeness (QED) is 0.810. The van der Waals surface area contributed by atoms with Gasteiger partial charge in [0, 0.05) is 13.1 Å². The van der Waals surface area contributed by atoms with Crippen LogP contribution in [0, 0.1) is 17.2 Å². The smallest absolute Gasteiger partial charge is 0.0666 e. The predicted octanol–water partition coefficient (Wildman–Crippen LogP) is 3.97. The van der Waals surface area contributed by atoms with Crippen LogP contribution < -0.4 is 0 Å². The molecule has 1 aromatic carbocycles. The van der Waals surface area contributed by atoms with Gasteiger partial charge in [-0.25, -0.2) is 0 Å². The summed E-state index contributed by atoms with van der Waals surface area (Å²) in [4.78, 5) is 2.22. The van der Waals surface area contributed by atoms with E-state index in [0.717, 1.165) is 25.2 Å². The molecule has 0 aliphatic rings. The molecule has 1 aromatic rings. The highest BCUT2D eigenvalue weighted by atomic mass is 35.5. The van der Waals surface area contributed by atoms with Crippen LogP contribution >= 0.6 is 23.2 Å². The summed E-state index contributed by atoms with van der Waals surface area (Å²) in [6.45, 7) is 6.48. The van der Waals surface area contributed by atoms with Crippen LogP contribution in [0.2, 0.25) is 10.0 Å². The van der Waals surface area contributed by atoms with Gasteiger partial charge in [-0.1, -0.05) is 36.2 Å². The molecular weight excluding hydrogens is 255 g/mol. The minimum absolute atomic E-state index is 0.0396. The topological polar surface area (TPSA) is 27.0 Å². The molecule has 0 aromatic heterocycles. The summed E-state index contributed by atoms with van der Waals surface area (Å²) in [5, 5.41) is 9.96. The maximum absolute atomic E-state index is 8.81. The highest BCUT2D eigenvalue weighted by molar-refractivity contribution is 6.42. The van der Waals surface area contributed by atoms with Crippen LogP contribution in [-0.2, 0) is 6.54 Å². The van der Waals surface area contributed by atoms with Gasteiger partial charge >= 0.3 is 0 Å². The normalized spacial score (nSPS) is 12.5. The average molecular weight is 271 g/mol. The van der Waals surface area contributed by atoms with Gasteiger partial charge in [-0.3, -0.25) is 4.90 Å². The number of hydrogen-bond donors (Lipinski definition) is 0. The molecule has 17 heavy (non-hydrogen) atoms. The van der Waals surface area contributed by atoms with Crippen molar-refractivity contribution in [1.82, 2.24) is 4.90 Å². The molecule has 0 saturated heterocycles. The zero-order valence-electron chi connectivity index (χ0n) is 10.1. The van der Waals surface area contributed by atoms with Crippen LogP contribution in [0.1, 0.15) is 19.4 Å².